The van der Waals surface area contributed by atoms with Crippen LogP contribution < -0.4 is 5.11 Å². The molecule has 0 aromatic heterocycles. The highest BCUT2D eigenvalue weighted by molar-refractivity contribution is 5.69. The first-order valence-electron chi connectivity index (χ1n) is 7.53. The van der Waals surface area contributed by atoms with Gasteiger partial charge in [-0.25, -0.2) is 0 Å². The maximum Gasteiger partial charge on any atom is 0.0969 e. The third-order valence-corrected chi connectivity index (χ3v) is 3.19. The number of carboxylic acid groups (broad SMARTS) is 1. The van der Waals surface area contributed by atoms with Gasteiger partial charge in [0, 0.05) is 7.11 Å². The lowest BCUT2D eigenvalue weighted by molar-refractivity contribution is -0.317. The number of ether oxygens (including phenoxy) is 2. The minimum atomic E-state index is -1.11. The van der Waals surface area contributed by atoms with Crippen molar-refractivity contribution in [1.82, 2.24) is 0 Å². The summed E-state index contributed by atoms with van der Waals surface area (Å²) in [5, 5.41) is 10.9. The fourth-order valence-corrected chi connectivity index (χ4v) is 2.01. The van der Waals surface area contributed by atoms with E-state index in [9.17, 15) is 9.90 Å². The van der Waals surface area contributed by atoms with Crippen LogP contribution in [0.4, 0.5) is 0 Å². The van der Waals surface area contributed by atoms with Gasteiger partial charge >= 0.3 is 0 Å². The molecule has 0 aliphatic carbocycles. The molecule has 0 N–H and O–H groups in total. The monoisotopic (exact) mass is 273 g/mol. The summed E-state index contributed by atoms with van der Waals surface area (Å²) in [5.41, 5.74) is 0. The van der Waals surface area contributed by atoms with E-state index in [4.69, 9.17) is 9.47 Å². The number of hydrogen-bond acceptors (Lipinski definition) is 4. The number of aliphatic carboxylic acids is 1. The fourth-order valence-electron chi connectivity index (χ4n) is 2.01. The van der Waals surface area contributed by atoms with E-state index in [0.717, 1.165) is 12.8 Å². The van der Waals surface area contributed by atoms with Crippen LogP contribution in [0, 0.1) is 0 Å². The Morgan fingerprint density at radius 1 is 1.00 bits per heavy atom. The second-order valence-corrected chi connectivity index (χ2v) is 4.93. The Hall–Kier alpha value is -0.610. The molecule has 1 atom stereocenters. The maximum atomic E-state index is 10.9. The number of methoxy groups -OCH3 is 1. The second kappa shape index (κ2) is 13.8. The molecule has 0 aliphatic heterocycles. The molecule has 0 aromatic carbocycles. The molecule has 0 saturated carbocycles. The van der Waals surface area contributed by atoms with E-state index in [1.165, 1.54) is 38.5 Å². The van der Waals surface area contributed by atoms with Crippen LogP contribution in [0.25, 0.3) is 0 Å². The summed E-state index contributed by atoms with van der Waals surface area (Å²) in [4.78, 5) is 10.9. The van der Waals surface area contributed by atoms with Crippen LogP contribution in [0.5, 0.6) is 0 Å². The van der Waals surface area contributed by atoms with Gasteiger partial charge in [0.1, 0.15) is 0 Å². The first kappa shape index (κ1) is 18.4. The Bertz CT molecular complexity index is 206. The summed E-state index contributed by atoms with van der Waals surface area (Å²) in [6.07, 6.45) is 9.36. The predicted octanol–water partition coefficient (Wildman–Crippen LogP) is 2.30. The highest BCUT2D eigenvalue weighted by Crippen LogP contribution is 2.11. The lowest BCUT2D eigenvalue weighted by Gasteiger charge is -2.18. The third kappa shape index (κ3) is 12.2. The van der Waals surface area contributed by atoms with Gasteiger partial charge in [-0.3, -0.25) is 0 Å². The van der Waals surface area contributed by atoms with E-state index in [1.807, 2.05) is 0 Å². The summed E-state index contributed by atoms with van der Waals surface area (Å²) < 4.78 is 10.0. The van der Waals surface area contributed by atoms with E-state index < -0.39 is 12.1 Å². The van der Waals surface area contributed by atoms with Crippen LogP contribution in [0.1, 0.15) is 64.7 Å². The summed E-state index contributed by atoms with van der Waals surface area (Å²) in [7, 11) is 1.57. The minimum Gasteiger partial charge on any atom is -0.547 e. The lowest BCUT2D eigenvalue weighted by atomic mass is 10.1. The zero-order valence-electron chi connectivity index (χ0n) is 12.5. The van der Waals surface area contributed by atoms with Gasteiger partial charge in [0.15, 0.2) is 0 Å². The first-order valence-corrected chi connectivity index (χ1v) is 7.53. The largest absolute Gasteiger partial charge is 0.547 e. The van der Waals surface area contributed by atoms with Crippen LogP contribution in [0.3, 0.4) is 0 Å². The van der Waals surface area contributed by atoms with Crippen molar-refractivity contribution in [2.75, 3.05) is 20.3 Å². The Balaban J connectivity index is 3.45. The Morgan fingerprint density at radius 2 is 1.58 bits per heavy atom. The predicted molar refractivity (Wildman–Crippen MR) is 73.9 cm³/mol. The molecule has 0 saturated heterocycles. The van der Waals surface area contributed by atoms with Crippen molar-refractivity contribution in [3.8, 4) is 0 Å². The van der Waals surface area contributed by atoms with Crippen molar-refractivity contribution in [3.05, 3.63) is 0 Å². The second-order valence-electron chi connectivity index (χ2n) is 4.93. The molecule has 114 valence electrons. The van der Waals surface area contributed by atoms with Crippen LogP contribution in [0.15, 0.2) is 0 Å². The van der Waals surface area contributed by atoms with Crippen molar-refractivity contribution in [1.29, 1.82) is 0 Å². The number of hydrogen-bond donors (Lipinski definition) is 0. The molecule has 4 nitrogen and oxygen atoms in total. The Morgan fingerprint density at radius 3 is 2.11 bits per heavy atom. The van der Waals surface area contributed by atoms with E-state index >= 15 is 0 Å². The average Bonchev–Trinajstić information content (AvgIpc) is 2.39. The van der Waals surface area contributed by atoms with Crippen molar-refractivity contribution >= 4 is 5.97 Å². The van der Waals surface area contributed by atoms with Gasteiger partial charge < -0.3 is 19.4 Å². The zero-order chi connectivity index (χ0) is 14.3. The number of unbranched alkanes of at least 4 members (excludes halogenated alkanes) is 7. The van der Waals surface area contributed by atoms with Crippen molar-refractivity contribution in [3.63, 3.8) is 0 Å². The number of carboxylic acids is 1. The van der Waals surface area contributed by atoms with E-state index in [0.29, 0.717) is 19.6 Å². The molecule has 0 aromatic rings. The van der Waals surface area contributed by atoms with E-state index in [1.54, 1.807) is 7.11 Å². The molecule has 0 bridgehead atoms. The highest BCUT2D eigenvalue weighted by Gasteiger charge is 2.09. The van der Waals surface area contributed by atoms with Crippen molar-refractivity contribution < 1.29 is 19.4 Å². The topological polar surface area (TPSA) is 58.6 Å². The standard InChI is InChI=1S/C15H30O4/c1-3-4-5-6-7-8-9-10-11-14(15(16)17)19-13-12-18-2/h14H,3-13H2,1-2H3,(H,16,17)/p-1. The van der Waals surface area contributed by atoms with Gasteiger partial charge in [0.25, 0.3) is 0 Å². The van der Waals surface area contributed by atoms with E-state index in [-0.39, 0.29) is 0 Å². The molecule has 0 spiro atoms. The number of rotatable bonds is 14. The number of carbonyl (C=O) groups excluding carboxylic acids is 1. The molecule has 0 rings (SSSR count). The van der Waals surface area contributed by atoms with Crippen LogP contribution in [0.2, 0.25) is 0 Å². The summed E-state index contributed by atoms with van der Waals surface area (Å²) in [6, 6.07) is 0. The maximum absolute atomic E-state index is 10.9. The van der Waals surface area contributed by atoms with Gasteiger partial charge in [0.05, 0.1) is 25.3 Å². The van der Waals surface area contributed by atoms with Gasteiger partial charge in [-0.2, -0.15) is 0 Å². The van der Waals surface area contributed by atoms with E-state index in [2.05, 4.69) is 6.92 Å². The fraction of sp³-hybridized carbons (Fsp3) is 0.933. The average molecular weight is 273 g/mol. The van der Waals surface area contributed by atoms with Crippen LogP contribution in [-0.2, 0) is 14.3 Å². The first-order chi connectivity index (χ1) is 9.22. The lowest BCUT2D eigenvalue weighted by Crippen LogP contribution is -2.38. The van der Waals surface area contributed by atoms with Gasteiger partial charge in [-0.15, -0.1) is 0 Å². The summed E-state index contributed by atoms with van der Waals surface area (Å²) in [5.74, 6) is -1.11. The molecule has 0 heterocycles. The summed E-state index contributed by atoms with van der Waals surface area (Å²) >= 11 is 0. The molecule has 0 amide bonds. The Labute approximate surface area is 117 Å². The van der Waals surface area contributed by atoms with Crippen LogP contribution in [-0.4, -0.2) is 32.4 Å². The third-order valence-electron chi connectivity index (χ3n) is 3.19. The zero-order valence-corrected chi connectivity index (χ0v) is 12.5. The smallest absolute Gasteiger partial charge is 0.0969 e. The van der Waals surface area contributed by atoms with Crippen molar-refractivity contribution in [2.24, 2.45) is 0 Å². The van der Waals surface area contributed by atoms with Gasteiger partial charge in [-0.1, -0.05) is 58.3 Å². The molecule has 0 aliphatic rings. The molecular formula is C15H29O4-. The molecule has 0 fully saturated rings. The quantitative estimate of drug-likeness (QED) is 0.456. The molecule has 1 unspecified atom stereocenters. The molecule has 4 heteroatoms. The highest BCUT2D eigenvalue weighted by atomic mass is 16.5. The molecule has 0 radical (unpaired) electrons. The Kier molecular flexibility index (Phi) is 13.4. The molecule has 19 heavy (non-hydrogen) atoms. The van der Waals surface area contributed by atoms with Crippen molar-refractivity contribution in [2.45, 2.75) is 70.8 Å². The van der Waals surface area contributed by atoms with Gasteiger partial charge in [-0.05, 0) is 6.42 Å². The van der Waals surface area contributed by atoms with Crippen LogP contribution >= 0.6 is 0 Å². The normalized spacial score (nSPS) is 12.5. The molecular weight excluding hydrogens is 244 g/mol. The summed E-state index contributed by atoms with van der Waals surface area (Å²) in [6.45, 7) is 2.94. The minimum absolute atomic E-state index is 0.312. The SMILES string of the molecule is CCCCCCCCCCC(OCCOC)C(=O)[O-]. The number of carbonyl (C=O) groups is 1. The van der Waals surface area contributed by atoms with Gasteiger partial charge in [0.2, 0.25) is 0 Å².